The highest BCUT2D eigenvalue weighted by Crippen LogP contribution is 2.07. The summed E-state index contributed by atoms with van der Waals surface area (Å²) in [6.07, 6.45) is 1.78. The van der Waals surface area contributed by atoms with Crippen LogP contribution in [0.5, 0.6) is 6.01 Å². The Hall–Kier alpha value is -0.990. The van der Waals surface area contributed by atoms with Crippen LogP contribution in [0.3, 0.4) is 0 Å². The normalized spacial score (nSPS) is 9.67. The van der Waals surface area contributed by atoms with Crippen molar-refractivity contribution in [2.24, 2.45) is 7.05 Å². The van der Waals surface area contributed by atoms with E-state index >= 15 is 0 Å². The van der Waals surface area contributed by atoms with Crippen LogP contribution in [-0.4, -0.2) is 16.7 Å². The Morgan fingerprint density at radius 2 is 2.33 bits per heavy atom. The molecule has 0 aliphatic rings. The molecule has 1 heterocycles. The third kappa shape index (κ3) is 0.896. The first-order valence-electron chi connectivity index (χ1n) is 2.78. The number of nitrogens with zero attached hydrogens (tertiary/aromatic N) is 2. The summed E-state index contributed by atoms with van der Waals surface area (Å²) in [7, 11) is 3.53. The average Bonchev–Trinajstić information content (AvgIpc) is 2.15. The predicted molar refractivity (Wildman–Crippen MR) is 34.5 cm³/mol. The molecule has 0 bridgehead atoms. The zero-order chi connectivity index (χ0) is 6.85. The summed E-state index contributed by atoms with van der Waals surface area (Å²) in [6, 6.07) is 0.660. The highest BCUT2D eigenvalue weighted by molar-refractivity contribution is 5.06. The molecule has 50 valence electrons. The minimum atomic E-state index is 0.660. The van der Waals surface area contributed by atoms with Gasteiger partial charge in [0.2, 0.25) is 0 Å². The molecule has 3 heteroatoms. The summed E-state index contributed by atoms with van der Waals surface area (Å²) in [6.45, 7) is 1.98. The molecular formula is C6H10N2O. The highest BCUT2D eigenvalue weighted by atomic mass is 16.5. The summed E-state index contributed by atoms with van der Waals surface area (Å²) in [5, 5.41) is 0. The van der Waals surface area contributed by atoms with Crippen LogP contribution in [0.15, 0.2) is 6.20 Å². The van der Waals surface area contributed by atoms with Crippen LogP contribution < -0.4 is 4.74 Å². The Morgan fingerprint density at radius 1 is 1.67 bits per heavy atom. The predicted octanol–water partition coefficient (Wildman–Crippen LogP) is 0.737. The van der Waals surface area contributed by atoms with Crippen molar-refractivity contribution in [1.82, 2.24) is 9.55 Å². The second-order valence-electron chi connectivity index (χ2n) is 1.95. The molecule has 3 nitrogen and oxygen atoms in total. The average molecular weight is 126 g/mol. The first-order valence-corrected chi connectivity index (χ1v) is 2.78. The number of imidazole rings is 1. The van der Waals surface area contributed by atoms with E-state index in [1.54, 1.807) is 13.3 Å². The third-order valence-electron chi connectivity index (χ3n) is 1.36. The van der Waals surface area contributed by atoms with Gasteiger partial charge in [0.05, 0.1) is 13.3 Å². The molecule has 1 aromatic rings. The Balaban J connectivity index is 3.04. The maximum absolute atomic E-state index is 4.92. The summed E-state index contributed by atoms with van der Waals surface area (Å²) in [5.41, 5.74) is 1.10. The van der Waals surface area contributed by atoms with Gasteiger partial charge in [0.25, 0.3) is 6.01 Å². The molecule has 0 saturated carbocycles. The summed E-state index contributed by atoms with van der Waals surface area (Å²) < 4.78 is 6.81. The lowest BCUT2D eigenvalue weighted by atomic mass is 10.5. The zero-order valence-electron chi connectivity index (χ0n) is 5.88. The number of ether oxygens (including phenoxy) is 1. The monoisotopic (exact) mass is 126 g/mol. The van der Waals surface area contributed by atoms with Crippen LogP contribution in [0.25, 0.3) is 0 Å². The van der Waals surface area contributed by atoms with Crippen molar-refractivity contribution in [1.29, 1.82) is 0 Å². The van der Waals surface area contributed by atoms with E-state index in [1.165, 1.54) is 0 Å². The number of hydrogen-bond donors (Lipinski definition) is 0. The molecule has 0 radical (unpaired) electrons. The first kappa shape index (κ1) is 6.13. The lowest BCUT2D eigenvalue weighted by molar-refractivity contribution is 0.365. The largest absolute Gasteiger partial charge is 0.468 e. The van der Waals surface area contributed by atoms with Crippen molar-refractivity contribution in [3.05, 3.63) is 11.9 Å². The van der Waals surface area contributed by atoms with Crippen molar-refractivity contribution >= 4 is 0 Å². The fourth-order valence-corrected chi connectivity index (χ4v) is 0.662. The Kier molecular flexibility index (Phi) is 1.42. The van der Waals surface area contributed by atoms with Gasteiger partial charge in [0.1, 0.15) is 0 Å². The Morgan fingerprint density at radius 3 is 2.56 bits per heavy atom. The lowest BCUT2D eigenvalue weighted by Crippen LogP contribution is -1.95. The van der Waals surface area contributed by atoms with Gasteiger partial charge in [0.15, 0.2) is 0 Å². The van der Waals surface area contributed by atoms with Crippen molar-refractivity contribution in [2.75, 3.05) is 7.11 Å². The van der Waals surface area contributed by atoms with Crippen molar-refractivity contribution in [2.45, 2.75) is 6.92 Å². The molecule has 0 amide bonds. The standard InChI is InChI=1S/C6H10N2O/c1-5-4-7-6(9-3)8(5)2/h4H,1-3H3. The quantitative estimate of drug-likeness (QED) is 0.555. The van der Waals surface area contributed by atoms with Gasteiger partial charge in [-0.05, 0) is 6.92 Å². The van der Waals surface area contributed by atoms with Gasteiger partial charge in [-0.2, -0.15) is 0 Å². The van der Waals surface area contributed by atoms with Gasteiger partial charge in [-0.15, -0.1) is 0 Å². The van der Waals surface area contributed by atoms with Gasteiger partial charge in [-0.25, -0.2) is 4.98 Å². The van der Waals surface area contributed by atoms with E-state index in [0.717, 1.165) is 5.69 Å². The van der Waals surface area contributed by atoms with E-state index in [0.29, 0.717) is 6.01 Å². The number of aromatic nitrogens is 2. The van der Waals surface area contributed by atoms with Gasteiger partial charge in [-0.1, -0.05) is 0 Å². The van der Waals surface area contributed by atoms with Crippen molar-refractivity contribution in [3.8, 4) is 6.01 Å². The molecule has 0 aliphatic heterocycles. The van der Waals surface area contributed by atoms with E-state index in [2.05, 4.69) is 4.98 Å². The minimum Gasteiger partial charge on any atom is -0.468 e. The molecule has 0 N–H and O–H groups in total. The van der Waals surface area contributed by atoms with Crippen LogP contribution in [0.2, 0.25) is 0 Å². The van der Waals surface area contributed by atoms with Crippen LogP contribution in [-0.2, 0) is 7.05 Å². The fourth-order valence-electron chi connectivity index (χ4n) is 0.662. The number of aryl methyl sites for hydroxylation is 1. The minimum absolute atomic E-state index is 0.660. The van der Waals surface area contributed by atoms with Gasteiger partial charge in [-0.3, -0.25) is 0 Å². The van der Waals surface area contributed by atoms with Crippen LogP contribution in [0.1, 0.15) is 5.69 Å². The molecule has 0 fully saturated rings. The Bertz CT molecular complexity index is 205. The summed E-state index contributed by atoms with van der Waals surface area (Å²) >= 11 is 0. The van der Waals surface area contributed by atoms with Crippen molar-refractivity contribution in [3.63, 3.8) is 0 Å². The molecule has 0 unspecified atom stereocenters. The second kappa shape index (κ2) is 2.09. The fraction of sp³-hybridized carbons (Fsp3) is 0.500. The molecule has 1 rings (SSSR count). The van der Waals surface area contributed by atoms with E-state index in [1.807, 2.05) is 18.5 Å². The second-order valence-corrected chi connectivity index (χ2v) is 1.95. The molecule has 0 spiro atoms. The summed E-state index contributed by atoms with van der Waals surface area (Å²) in [5.74, 6) is 0. The van der Waals surface area contributed by atoms with Crippen molar-refractivity contribution < 1.29 is 4.74 Å². The molecule has 0 aliphatic carbocycles. The number of rotatable bonds is 1. The topological polar surface area (TPSA) is 27.1 Å². The van der Waals surface area contributed by atoms with E-state index in [4.69, 9.17) is 4.74 Å². The number of methoxy groups -OCH3 is 1. The smallest absolute Gasteiger partial charge is 0.295 e. The van der Waals surface area contributed by atoms with Gasteiger partial charge in [0, 0.05) is 12.7 Å². The SMILES string of the molecule is COc1ncc(C)n1C. The number of hydrogen-bond acceptors (Lipinski definition) is 2. The maximum atomic E-state index is 4.92. The Labute approximate surface area is 54.3 Å². The molecule has 0 atom stereocenters. The molecule has 0 aromatic carbocycles. The van der Waals surface area contributed by atoms with E-state index < -0.39 is 0 Å². The third-order valence-corrected chi connectivity index (χ3v) is 1.36. The van der Waals surface area contributed by atoms with E-state index in [-0.39, 0.29) is 0 Å². The zero-order valence-corrected chi connectivity index (χ0v) is 5.88. The van der Waals surface area contributed by atoms with Crippen LogP contribution in [0.4, 0.5) is 0 Å². The maximum Gasteiger partial charge on any atom is 0.295 e. The lowest BCUT2D eigenvalue weighted by Gasteiger charge is -1.98. The molecule has 0 saturated heterocycles. The summed E-state index contributed by atoms with van der Waals surface area (Å²) in [4.78, 5) is 3.97. The highest BCUT2D eigenvalue weighted by Gasteiger charge is 1.99. The first-order chi connectivity index (χ1) is 4.25. The van der Waals surface area contributed by atoms with Crippen LogP contribution >= 0.6 is 0 Å². The molecule has 1 aromatic heterocycles. The molecular weight excluding hydrogens is 116 g/mol. The molecule has 9 heavy (non-hydrogen) atoms. The van der Waals surface area contributed by atoms with Gasteiger partial charge >= 0.3 is 0 Å². The van der Waals surface area contributed by atoms with Crippen LogP contribution in [0, 0.1) is 6.92 Å². The van der Waals surface area contributed by atoms with Gasteiger partial charge < -0.3 is 9.30 Å². The van der Waals surface area contributed by atoms with E-state index in [9.17, 15) is 0 Å².